The van der Waals surface area contributed by atoms with Gasteiger partial charge in [0.15, 0.2) is 0 Å². The van der Waals surface area contributed by atoms with Crippen molar-refractivity contribution in [2.75, 3.05) is 13.1 Å². The van der Waals surface area contributed by atoms with Crippen molar-refractivity contribution < 1.29 is 13.2 Å². The molecule has 1 rings (SSSR count). The van der Waals surface area contributed by atoms with Crippen LogP contribution in [0.25, 0.3) is 0 Å². The topological polar surface area (TPSA) is 29.3 Å². The van der Waals surface area contributed by atoms with Gasteiger partial charge in [0.1, 0.15) is 6.04 Å². The molecular weight excluding hydrogens is 229 g/mol. The molecule has 102 valence electrons. The monoisotopic (exact) mass is 252 g/mol. The molecule has 0 amide bonds. The van der Waals surface area contributed by atoms with Crippen LogP contribution in [0.2, 0.25) is 0 Å². The van der Waals surface area contributed by atoms with Gasteiger partial charge in [-0.15, -0.1) is 0 Å². The van der Waals surface area contributed by atoms with Crippen LogP contribution in [0, 0.1) is 5.92 Å². The zero-order chi connectivity index (χ0) is 13.1. The Balaban J connectivity index is 2.66. The van der Waals surface area contributed by atoms with Crippen molar-refractivity contribution in [1.29, 1.82) is 0 Å². The van der Waals surface area contributed by atoms with Crippen LogP contribution in [0.15, 0.2) is 0 Å². The predicted molar refractivity (Wildman–Crippen MR) is 62.7 cm³/mol. The molecule has 1 heterocycles. The number of alkyl halides is 3. The molecule has 1 saturated heterocycles. The van der Waals surface area contributed by atoms with Crippen molar-refractivity contribution in [2.24, 2.45) is 11.7 Å². The summed E-state index contributed by atoms with van der Waals surface area (Å²) in [5.41, 5.74) is 5.64. The first-order valence-electron chi connectivity index (χ1n) is 6.46. The van der Waals surface area contributed by atoms with Crippen LogP contribution in [0.4, 0.5) is 13.2 Å². The Morgan fingerprint density at radius 1 is 1.24 bits per heavy atom. The molecule has 0 aromatic carbocycles. The van der Waals surface area contributed by atoms with Crippen LogP contribution in [0.3, 0.4) is 0 Å². The van der Waals surface area contributed by atoms with Crippen LogP contribution in [-0.2, 0) is 0 Å². The van der Waals surface area contributed by atoms with Crippen molar-refractivity contribution in [3.8, 4) is 0 Å². The first-order valence-corrected chi connectivity index (χ1v) is 6.46. The third-order valence-corrected chi connectivity index (χ3v) is 3.83. The normalized spacial score (nSPS) is 23.6. The Hall–Kier alpha value is -0.290. The molecule has 1 aliphatic heterocycles. The Kier molecular flexibility index (Phi) is 5.25. The van der Waals surface area contributed by atoms with Gasteiger partial charge in [-0.05, 0) is 38.3 Å². The maximum Gasteiger partial charge on any atom is 0.405 e. The van der Waals surface area contributed by atoms with Crippen molar-refractivity contribution >= 4 is 0 Å². The smallest absolute Gasteiger partial charge is 0.326 e. The summed E-state index contributed by atoms with van der Waals surface area (Å²) in [6, 6.07) is -2.28. The lowest BCUT2D eigenvalue weighted by Gasteiger charge is -2.40. The van der Waals surface area contributed by atoms with Gasteiger partial charge in [0.2, 0.25) is 0 Å². The van der Waals surface area contributed by atoms with E-state index in [0.29, 0.717) is 25.4 Å². The van der Waals surface area contributed by atoms with Gasteiger partial charge in [-0.1, -0.05) is 20.3 Å². The average molecular weight is 252 g/mol. The number of nitrogens with zero attached hydrogens (tertiary/aromatic N) is 1. The molecule has 0 saturated carbocycles. The van der Waals surface area contributed by atoms with E-state index in [2.05, 4.69) is 6.92 Å². The molecule has 0 aromatic rings. The van der Waals surface area contributed by atoms with Crippen LogP contribution in [-0.4, -0.2) is 36.2 Å². The van der Waals surface area contributed by atoms with Gasteiger partial charge in [-0.25, -0.2) is 0 Å². The van der Waals surface area contributed by atoms with Crippen LogP contribution >= 0.6 is 0 Å². The minimum absolute atomic E-state index is 0.359. The molecule has 0 aliphatic carbocycles. The molecule has 2 nitrogen and oxygen atoms in total. The summed E-state index contributed by atoms with van der Waals surface area (Å²) in [5, 5.41) is 0. The second kappa shape index (κ2) is 6.05. The van der Waals surface area contributed by atoms with E-state index in [0.717, 1.165) is 19.3 Å². The lowest BCUT2D eigenvalue weighted by molar-refractivity contribution is -0.192. The first kappa shape index (κ1) is 14.8. The summed E-state index contributed by atoms with van der Waals surface area (Å²) < 4.78 is 39.0. The van der Waals surface area contributed by atoms with E-state index >= 15 is 0 Å². The van der Waals surface area contributed by atoms with Gasteiger partial charge >= 0.3 is 6.18 Å². The predicted octanol–water partition coefficient (Wildman–Crippen LogP) is 2.78. The fraction of sp³-hybridized carbons (Fsp3) is 1.00. The third-order valence-electron chi connectivity index (χ3n) is 3.83. The first-order chi connectivity index (χ1) is 7.90. The van der Waals surface area contributed by atoms with E-state index in [9.17, 15) is 13.2 Å². The summed E-state index contributed by atoms with van der Waals surface area (Å²) in [6.07, 6.45) is -1.07. The highest BCUT2D eigenvalue weighted by molar-refractivity contribution is 4.89. The number of nitrogens with two attached hydrogens (primary N) is 1. The number of hydrogen-bond donors (Lipinski definition) is 1. The molecule has 2 N–H and O–H groups in total. The summed E-state index contributed by atoms with van der Waals surface area (Å²) in [7, 11) is 0. The molecule has 0 spiro atoms. The Labute approximate surface area is 101 Å². The van der Waals surface area contributed by atoms with Crippen LogP contribution < -0.4 is 5.73 Å². The molecule has 0 radical (unpaired) electrons. The number of halogens is 3. The summed E-state index contributed by atoms with van der Waals surface area (Å²) in [6.45, 7) is 4.86. The zero-order valence-corrected chi connectivity index (χ0v) is 10.6. The van der Waals surface area contributed by atoms with E-state index < -0.39 is 18.3 Å². The SMILES string of the molecule is CCC1CCN(C(C(N)CC)C(F)(F)F)CC1. The molecule has 2 atom stereocenters. The van der Waals surface area contributed by atoms with Crippen molar-refractivity contribution in [1.82, 2.24) is 4.90 Å². The van der Waals surface area contributed by atoms with Crippen LogP contribution in [0.1, 0.15) is 39.5 Å². The second-order valence-corrected chi connectivity index (χ2v) is 4.95. The molecular formula is C12H23F3N2. The Bertz CT molecular complexity index is 222. The van der Waals surface area contributed by atoms with E-state index in [1.54, 1.807) is 6.92 Å². The highest BCUT2D eigenvalue weighted by Gasteiger charge is 2.47. The average Bonchev–Trinajstić information content (AvgIpc) is 2.28. The number of likely N-dealkylation sites (tertiary alicyclic amines) is 1. The molecule has 1 aliphatic rings. The van der Waals surface area contributed by atoms with E-state index in [4.69, 9.17) is 5.73 Å². The van der Waals surface area contributed by atoms with Gasteiger partial charge in [0.05, 0.1) is 0 Å². The Morgan fingerprint density at radius 3 is 2.12 bits per heavy atom. The maximum atomic E-state index is 13.0. The molecule has 0 aromatic heterocycles. The highest BCUT2D eigenvalue weighted by Crippen LogP contribution is 2.31. The quantitative estimate of drug-likeness (QED) is 0.833. The highest BCUT2D eigenvalue weighted by atomic mass is 19.4. The second-order valence-electron chi connectivity index (χ2n) is 4.95. The number of rotatable bonds is 4. The fourth-order valence-electron chi connectivity index (χ4n) is 2.58. The Morgan fingerprint density at radius 2 is 1.76 bits per heavy atom. The third kappa shape index (κ3) is 3.85. The van der Waals surface area contributed by atoms with Crippen molar-refractivity contribution in [3.05, 3.63) is 0 Å². The van der Waals surface area contributed by atoms with Gasteiger partial charge in [-0.2, -0.15) is 13.2 Å². The lowest BCUT2D eigenvalue weighted by Crippen LogP contribution is -2.57. The van der Waals surface area contributed by atoms with Gasteiger partial charge in [0, 0.05) is 6.04 Å². The standard InChI is InChI=1S/C12H23F3N2/c1-3-9-5-7-17(8-6-9)11(10(16)4-2)12(13,14)15/h9-11H,3-8,16H2,1-2H3. The largest absolute Gasteiger partial charge is 0.405 e. The molecule has 1 fully saturated rings. The molecule has 17 heavy (non-hydrogen) atoms. The fourth-order valence-corrected chi connectivity index (χ4v) is 2.58. The lowest BCUT2D eigenvalue weighted by atomic mass is 9.92. The maximum absolute atomic E-state index is 13.0. The zero-order valence-electron chi connectivity index (χ0n) is 10.6. The molecule has 0 bridgehead atoms. The summed E-state index contributed by atoms with van der Waals surface area (Å²) in [5.74, 6) is 0.581. The minimum atomic E-state index is -4.21. The van der Waals surface area contributed by atoms with Crippen LogP contribution in [0.5, 0.6) is 0 Å². The van der Waals surface area contributed by atoms with E-state index in [1.807, 2.05) is 0 Å². The van der Waals surface area contributed by atoms with Gasteiger partial charge in [0.25, 0.3) is 0 Å². The van der Waals surface area contributed by atoms with Gasteiger partial charge < -0.3 is 5.73 Å². The minimum Gasteiger partial charge on any atom is -0.326 e. The van der Waals surface area contributed by atoms with E-state index in [1.165, 1.54) is 4.90 Å². The summed E-state index contributed by atoms with van der Waals surface area (Å²) >= 11 is 0. The van der Waals surface area contributed by atoms with E-state index in [-0.39, 0.29) is 0 Å². The number of hydrogen-bond acceptors (Lipinski definition) is 2. The molecule has 5 heteroatoms. The number of piperidine rings is 1. The van der Waals surface area contributed by atoms with Crippen molar-refractivity contribution in [2.45, 2.75) is 57.8 Å². The van der Waals surface area contributed by atoms with Crippen molar-refractivity contribution in [3.63, 3.8) is 0 Å². The van der Waals surface area contributed by atoms with Gasteiger partial charge in [-0.3, -0.25) is 4.90 Å². The molecule has 2 unspecified atom stereocenters. The summed E-state index contributed by atoms with van der Waals surface area (Å²) in [4.78, 5) is 1.53.